The van der Waals surface area contributed by atoms with Gasteiger partial charge in [0, 0.05) is 0 Å². The molecule has 0 aliphatic carbocycles. The van der Waals surface area contributed by atoms with E-state index in [-0.39, 0.29) is 10.8 Å². The Labute approximate surface area is 77.3 Å². The minimum atomic E-state index is -2.75. The van der Waals surface area contributed by atoms with Crippen molar-refractivity contribution in [2.24, 2.45) is 0 Å². The number of rotatable bonds is 2. The van der Waals surface area contributed by atoms with Gasteiger partial charge in [0.05, 0.1) is 17.8 Å². The molecule has 6 heteroatoms. The second-order valence-corrected chi connectivity index (χ2v) is 2.64. The molecule has 13 heavy (non-hydrogen) atoms. The molecular weight excluding hydrogens is 204 g/mol. The zero-order chi connectivity index (χ0) is 10.0. The molecule has 1 aromatic rings. The summed E-state index contributed by atoms with van der Waals surface area (Å²) >= 11 is 5.50. The maximum atomic E-state index is 12.1. The van der Waals surface area contributed by atoms with Crippen LogP contribution in [0.5, 0.6) is 5.75 Å². The van der Waals surface area contributed by atoms with E-state index in [1.807, 2.05) is 4.98 Å². The molecule has 0 amide bonds. The van der Waals surface area contributed by atoms with Crippen molar-refractivity contribution in [3.63, 3.8) is 0 Å². The van der Waals surface area contributed by atoms with E-state index in [2.05, 4.69) is 4.74 Å². The fourth-order valence-corrected chi connectivity index (χ4v) is 1.12. The van der Waals surface area contributed by atoms with Crippen LogP contribution in [-0.2, 0) is 0 Å². The van der Waals surface area contributed by atoms with Crippen molar-refractivity contribution < 1.29 is 13.5 Å². The van der Waals surface area contributed by atoms with Crippen LogP contribution >= 0.6 is 11.6 Å². The number of H-pyrrole nitrogens is 1. The molecule has 72 valence electrons. The van der Waals surface area contributed by atoms with Crippen LogP contribution < -0.4 is 10.3 Å². The van der Waals surface area contributed by atoms with E-state index >= 15 is 0 Å². The quantitative estimate of drug-likeness (QED) is 0.809. The molecule has 1 aromatic heterocycles. The van der Waals surface area contributed by atoms with Gasteiger partial charge >= 0.3 is 0 Å². The Morgan fingerprint density at radius 2 is 2.23 bits per heavy atom. The molecule has 0 aliphatic heterocycles. The maximum absolute atomic E-state index is 12.1. The van der Waals surface area contributed by atoms with Gasteiger partial charge in [-0.2, -0.15) is 0 Å². The van der Waals surface area contributed by atoms with Crippen LogP contribution in [-0.4, -0.2) is 12.1 Å². The summed E-state index contributed by atoms with van der Waals surface area (Å²) in [6.45, 7) is 0. The Morgan fingerprint density at radius 1 is 1.62 bits per heavy atom. The Morgan fingerprint density at radius 3 is 2.62 bits per heavy atom. The number of halogens is 3. The summed E-state index contributed by atoms with van der Waals surface area (Å²) in [6, 6.07) is 0.965. The number of aromatic nitrogens is 1. The van der Waals surface area contributed by atoms with Crippen molar-refractivity contribution in [3.05, 3.63) is 27.1 Å². The van der Waals surface area contributed by atoms with E-state index in [1.54, 1.807) is 0 Å². The smallest absolute Gasteiger partial charge is 0.292 e. The van der Waals surface area contributed by atoms with Crippen molar-refractivity contribution in [2.75, 3.05) is 7.11 Å². The summed E-state index contributed by atoms with van der Waals surface area (Å²) in [4.78, 5) is 13.0. The number of aromatic amines is 1. The highest BCUT2D eigenvalue weighted by Crippen LogP contribution is 2.23. The first-order valence-corrected chi connectivity index (χ1v) is 3.69. The largest absolute Gasteiger partial charge is 0.490 e. The summed E-state index contributed by atoms with van der Waals surface area (Å²) in [5.41, 5.74) is -1.28. The molecule has 1 rings (SSSR count). The zero-order valence-corrected chi connectivity index (χ0v) is 7.36. The lowest BCUT2D eigenvalue weighted by Gasteiger charge is -2.04. The van der Waals surface area contributed by atoms with Crippen LogP contribution in [0.2, 0.25) is 5.02 Å². The standard InChI is InChI=1S/C7H6ClF2NO2/c1-13-5-3(8)2-4(6(9)10)11-7(5)12/h2,6H,1H3,(H,11,12). The fraction of sp³-hybridized carbons (Fsp3) is 0.286. The van der Waals surface area contributed by atoms with E-state index < -0.39 is 17.7 Å². The predicted octanol–water partition coefficient (Wildman–Crippen LogP) is 1.97. The van der Waals surface area contributed by atoms with Crippen molar-refractivity contribution in [1.29, 1.82) is 0 Å². The molecule has 0 spiro atoms. The molecular formula is C7H6ClF2NO2. The predicted molar refractivity (Wildman–Crippen MR) is 43.6 cm³/mol. The van der Waals surface area contributed by atoms with E-state index in [0.29, 0.717) is 0 Å². The molecule has 0 aliphatic rings. The lowest BCUT2D eigenvalue weighted by molar-refractivity contribution is 0.145. The van der Waals surface area contributed by atoms with Crippen LogP contribution in [0.3, 0.4) is 0 Å². The molecule has 0 unspecified atom stereocenters. The third-order valence-corrected chi connectivity index (χ3v) is 1.68. The van der Waals surface area contributed by atoms with Crippen LogP contribution in [0.4, 0.5) is 8.78 Å². The average molecular weight is 210 g/mol. The lowest BCUT2D eigenvalue weighted by atomic mass is 10.3. The molecule has 1 N–H and O–H groups in total. The first-order valence-electron chi connectivity index (χ1n) is 3.31. The molecule has 0 aromatic carbocycles. The maximum Gasteiger partial charge on any atom is 0.292 e. The van der Waals surface area contributed by atoms with Gasteiger partial charge < -0.3 is 9.72 Å². The number of pyridine rings is 1. The Kier molecular flexibility index (Phi) is 2.87. The van der Waals surface area contributed by atoms with Gasteiger partial charge in [0.1, 0.15) is 0 Å². The number of hydrogen-bond donors (Lipinski definition) is 1. The molecule has 3 nitrogen and oxygen atoms in total. The van der Waals surface area contributed by atoms with Gasteiger partial charge in [0.2, 0.25) is 5.75 Å². The first kappa shape index (κ1) is 9.98. The minimum absolute atomic E-state index is 0.124. The number of hydrogen-bond acceptors (Lipinski definition) is 2. The summed E-state index contributed by atoms with van der Waals surface area (Å²) in [5.74, 6) is -0.161. The van der Waals surface area contributed by atoms with Gasteiger partial charge in [-0.3, -0.25) is 4.79 Å². The van der Waals surface area contributed by atoms with Gasteiger partial charge in [-0.1, -0.05) is 11.6 Å². The normalized spacial score (nSPS) is 10.5. The summed E-state index contributed by atoms with van der Waals surface area (Å²) < 4.78 is 28.8. The number of nitrogens with one attached hydrogen (secondary N) is 1. The topological polar surface area (TPSA) is 42.1 Å². The molecule has 0 radical (unpaired) electrons. The molecule has 0 saturated heterocycles. The number of methoxy groups -OCH3 is 1. The second kappa shape index (κ2) is 3.74. The summed E-state index contributed by atoms with van der Waals surface area (Å²) in [5, 5.41) is -0.124. The number of ether oxygens (including phenoxy) is 1. The molecule has 0 saturated carbocycles. The summed E-state index contributed by atoms with van der Waals surface area (Å²) in [6.07, 6.45) is -2.75. The number of alkyl halides is 2. The highest BCUT2D eigenvalue weighted by atomic mass is 35.5. The van der Waals surface area contributed by atoms with Crippen molar-refractivity contribution in [1.82, 2.24) is 4.98 Å². The SMILES string of the molecule is COc1c(Cl)cc(C(F)F)[nH]c1=O. The van der Waals surface area contributed by atoms with E-state index in [4.69, 9.17) is 11.6 Å². The summed E-state index contributed by atoms with van der Waals surface area (Å²) in [7, 11) is 1.23. The first-order chi connectivity index (χ1) is 6.06. The third-order valence-electron chi connectivity index (χ3n) is 1.40. The highest BCUT2D eigenvalue weighted by molar-refractivity contribution is 6.32. The van der Waals surface area contributed by atoms with Gasteiger partial charge in [-0.15, -0.1) is 0 Å². The van der Waals surface area contributed by atoms with Gasteiger partial charge in [0.25, 0.3) is 12.0 Å². The van der Waals surface area contributed by atoms with Crippen LogP contribution in [0.15, 0.2) is 10.9 Å². The van der Waals surface area contributed by atoms with Crippen molar-refractivity contribution in [3.8, 4) is 5.75 Å². The van der Waals surface area contributed by atoms with Gasteiger partial charge in [-0.05, 0) is 6.07 Å². The highest BCUT2D eigenvalue weighted by Gasteiger charge is 2.13. The molecule has 0 fully saturated rings. The Bertz CT molecular complexity index is 364. The fourth-order valence-electron chi connectivity index (χ4n) is 0.842. The lowest BCUT2D eigenvalue weighted by Crippen LogP contribution is -2.12. The Hall–Kier alpha value is -1.10. The van der Waals surface area contributed by atoms with Gasteiger partial charge in [-0.25, -0.2) is 8.78 Å². The monoisotopic (exact) mass is 209 g/mol. The minimum Gasteiger partial charge on any atom is -0.490 e. The van der Waals surface area contributed by atoms with Crippen molar-refractivity contribution >= 4 is 11.6 Å². The molecule has 0 bridgehead atoms. The van der Waals surface area contributed by atoms with Crippen LogP contribution in [0.1, 0.15) is 12.1 Å². The van der Waals surface area contributed by atoms with Crippen LogP contribution in [0.25, 0.3) is 0 Å². The van der Waals surface area contributed by atoms with Gasteiger partial charge in [0.15, 0.2) is 0 Å². The van der Waals surface area contributed by atoms with Crippen LogP contribution in [0, 0.1) is 0 Å². The molecule has 1 heterocycles. The van der Waals surface area contributed by atoms with E-state index in [0.717, 1.165) is 6.07 Å². The van der Waals surface area contributed by atoms with Crippen molar-refractivity contribution in [2.45, 2.75) is 6.43 Å². The zero-order valence-electron chi connectivity index (χ0n) is 6.61. The van der Waals surface area contributed by atoms with E-state index in [9.17, 15) is 13.6 Å². The Balaban J connectivity index is 3.29. The molecule has 0 atom stereocenters. The third kappa shape index (κ3) is 1.98. The van der Waals surface area contributed by atoms with E-state index in [1.165, 1.54) is 7.11 Å². The second-order valence-electron chi connectivity index (χ2n) is 2.24. The average Bonchev–Trinajstić information content (AvgIpc) is 2.03.